The first-order valence-corrected chi connectivity index (χ1v) is 5.08. The molecular formula is C10H19NO2. The SMILES string of the molecule is CCC1CC1NCCCC(=O)OC. The van der Waals surface area contributed by atoms with Gasteiger partial charge in [0, 0.05) is 12.5 Å². The molecule has 0 bridgehead atoms. The summed E-state index contributed by atoms with van der Waals surface area (Å²) in [4.78, 5) is 10.7. The Morgan fingerprint density at radius 2 is 2.38 bits per heavy atom. The Kier molecular flexibility index (Phi) is 4.22. The third-order valence-corrected chi connectivity index (χ3v) is 2.64. The predicted octanol–water partition coefficient (Wildman–Crippen LogP) is 1.33. The van der Waals surface area contributed by atoms with Gasteiger partial charge in [-0.15, -0.1) is 0 Å². The maximum Gasteiger partial charge on any atom is 0.305 e. The van der Waals surface area contributed by atoms with Gasteiger partial charge in [0.1, 0.15) is 0 Å². The Hall–Kier alpha value is -0.570. The molecule has 0 spiro atoms. The van der Waals surface area contributed by atoms with Gasteiger partial charge >= 0.3 is 5.97 Å². The van der Waals surface area contributed by atoms with E-state index in [2.05, 4.69) is 17.0 Å². The molecule has 2 unspecified atom stereocenters. The van der Waals surface area contributed by atoms with Crippen molar-refractivity contribution in [3.63, 3.8) is 0 Å². The van der Waals surface area contributed by atoms with E-state index in [1.165, 1.54) is 20.0 Å². The normalized spacial score (nSPS) is 25.7. The number of carbonyl (C=O) groups excluding carboxylic acids is 1. The molecule has 13 heavy (non-hydrogen) atoms. The maximum absolute atomic E-state index is 10.7. The van der Waals surface area contributed by atoms with Crippen LogP contribution in [0.5, 0.6) is 0 Å². The fourth-order valence-corrected chi connectivity index (χ4v) is 1.57. The summed E-state index contributed by atoms with van der Waals surface area (Å²) in [7, 11) is 1.43. The van der Waals surface area contributed by atoms with E-state index in [1.807, 2.05) is 0 Å². The van der Waals surface area contributed by atoms with Gasteiger partial charge in [-0.05, 0) is 25.3 Å². The number of nitrogens with one attached hydrogen (secondary N) is 1. The Morgan fingerprint density at radius 3 is 2.92 bits per heavy atom. The zero-order chi connectivity index (χ0) is 9.68. The average molecular weight is 185 g/mol. The topological polar surface area (TPSA) is 38.3 Å². The van der Waals surface area contributed by atoms with Crippen LogP contribution in [0.15, 0.2) is 0 Å². The molecule has 1 rings (SSSR count). The average Bonchev–Trinajstić information content (AvgIpc) is 2.90. The first-order valence-electron chi connectivity index (χ1n) is 5.08. The lowest BCUT2D eigenvalue weighted by atomic mass is 10.3. The minimum absolute atomic E-state index is 0.107. The number of rotatable bonds is 6. The van der Waals surface area contributed by atoms with Gasteiger partial charge in [0.15, 0.2) is 0 Å². The third kappa shape index (κ3) is 3.77. The number of hydrogen-bond acceptors (Lipinski definition) is 3. The highest BCUT2D eigenvalue weighted by molar-refractivity contribution is 5.69. The summed E-state index contributed by atoms with van der Waals surface area (Å²) in [6.07, 6.45) is 4.01. The molecule has 1 saturated carbocycles. The molecule has 0 amide bonds. The van der Waals surface area contributed by atoms with Crippen molar-refractivity contribution in [1.82, 2.24) is 5.32 Å². The second-order valence-electron chi connectivity index (χ2n) is 3.64. The predicted molar refractivity (Wildman–Crippen MR) is 51.4 cm³/mol. The molecule has 0 saturated heterocycles. The molecule has 1 aliphatic carbocycles. The van der Waals surface area contributed by atoms with E-state index in [9.17, 15) is 4.79 Å². The van der Waals surface area contributed by atoms with Gasteiger partial charge in [0.2, 0.25) is 0 Å². The molecule has 3 heteroatoms. The Morgan fingerprint density at radius 1 is 1.62 bits per heavy atom. The maximum atomic E-state index is 10.7. The van der Waals surface area contributed by atoms with Gasteiger partial charge in [-0.2, -0.15) is 0 Å². The summed E-state index contributed by atoms with van der Waals surface area (Å²) in [6.45, 7) is 3.16. The summed E-state index contributed by atoms with van der Waals surface area (Å²) in [5.74, 6) is 0.780. The first kappa shape index (κ1) is 10.5. The summed E-state index contributed by atoms with van der Waals surface area (Å²) in [6, 6.07) is 0.725. The minimum Gasteiger partial charge on any atom is -0.469 e. The zero-order valence-corrected chi connectivity index (χ0v) is 8.51. The van der Waals surface area contributed by atoms with Crippen LogP contribution in [-0.4, -0.2) is 25.7 Å². The number of carbonyl (C=O) groups is 1. The lowest BCUT2D eigenvalue weighted by Crippen LogP contribution is -2.20. The van der Waals surface area contributed by atoms with Gasteiger partial charge in [-0.1, -0.05) is 13.3 Å². The fraction of sp³-hybridized carbons (Fsp3) is 0.900. The summed E-state index contributed by atoms with van der Waals surface area (Å²) >= 11 is 0. The summed E-state index contributed by atoms with van der Waals surface area (Å²) in [5, 5.41) is 3.43. The Balaban J connectivity index is 1.88. The molecule has 1 aliphatic rings. The largest absolute Gasteiger partial charge is 0.469 e. The van der Waals surface area contributed by atoms with E-state index in [4.69, 9.17) is 0 Å². The van der Waals surface area contributed by atoms with Gasteiger partial charge in [-0.25, -0.2) is 0 Å². The number of methoxy groups -OCH3 is 1. The summed E-state index contributed by atoms with van der Waals surface area (Å²) in [5.41, 5.74) is 0. The molecular weight excluding hydrogens is 166 g/mol. The van der Waals surface area contributed by atoms with E-state index >= 15 is 0 Å². The molecule has 0 aromatic carbocycles. The molecule has 0 aromatic rings. The van der Waals surface area contributed by atoms with Crippen LogP contribution in [0, 0.1) is 5.92 Å². The quantitative estimate of drug-likeness (QED) is 0.501. The van der Waals surface area contributed by atoms with Crippen LogP contribution in [0.1, 0.15) is 32.6 Å². The van der Waals surface area contributed by atoms with Crippen LogP contribution in [0.25, 0.3) is 0 Å². The highest BCUT2D eigenvalue weighted by atomic mass is 16.5. The molecule has 2 atom stereocenters. The van der Waals surface area contributed by atoms with Crippen LogP contribution in [0.3, 0.4) is 0 Å². The second kappa shape index (κ2) is 5.22. The molecule has 0 radical (unpaired) electrons. The molecule has 0 aliphatic heterocycles. The number of esters is 1. The van der Waals surface area contributed by atoms with E-state index in [-0.39, 0.29) is 5.97 Å². The highest BCUT2D eigenvalue weighted by Crippen LogP contribution is 2.32. The summed E-state index contributed by atoms with van der Waals surface area (Å²) < 4.78 is 4.55. The van der Waals surface area contributed by atoms with Crippen molar-refractivity contribution in [1.29, 1.82) is 0 Å². The zero-order valence-electron chi connectivity index (χ0n) is 8.51. The van der Waals surface area contributed by atoms with E-state index in [1.54, 1.807) is 0 Å². The van der Waals surface area contributed by atoms with Crippen LogP contribution in [-0.2, 0) is 9.53 Å². The first-order chi connectivity index (χ1) is 6.27. The lowest BCUT2D eigenvalue weighted by molar-refractivity contribution is -0.140. The standard InChI is InChI=1S/C10H19NO2/c1-3-8-7-9(8)11-6-4-5-10(12)13-2/h8-9,11H,3-7H2,1-2H3. The van der Waals surface area contributed by atoms with Crippen LogP contribution in [0.2, 0.25) is 0 Å². The van der Waals surface area contributed by atoms with Crippen molar-refractivity contribution in [2.24, 2.45) is 5.92 Å². The fourth-order valence-electron chi connectivity index (χ4n) is 1.57. The molecule has 76 valence electrons. The molecule has 0 heterocycles. The van der Waals surface area contributed by atoms with E-state index < -0.39 is 0 Å². The smallest absolute Gasteiger partial charge is 0.305 e. The molecule has 1 fully saturated rings. The third-order valence-electron chi connectivity index (χ3n) is 2.64. The number of hydrogen-bond donors (Lipinski definition) is 1. The highest BCUT2D eigenvalue weighted by Gasteiger charge is 2.34. The molecule has 3 nitrogen and oxygen atoms in total. The second-order valence-corrected chi connectivity index (χ2v) is 3.64. The van der Waals surface area contributed by atoms with Crippen molar-refractivity contribution in [2.75, 3.05) is 13.7 Å². The Labute approximate surface area is 79.8 Å². The Bertz CT molecular complexity index is 170. The van der Waals surface area contributed by atoms with Gasteiger partial charge < -0.3 is 10.1 Å². The van der Waals surface area contributed by atoms with Gasteiger partial charge in [0.25, 0.3) is 0 Å². The van der Waals surface area contributed by atoms with Gasteiger partial charge in [0.05, 0.1) is 7.11 Å². The minimum atomic E-state index is -0.107. The van der Waals surface area contributed by atoms with Crippen molar-refractivity contribution >= 4 is 5.97 Å². The number of ether oxygens (including phenoxy) is 1. The van der Waals surface area contributed by atoms with Gasteiger partial charge in [-0.3, -0.25) is 4.79 Å². The van der Waals surface area contributed by atoms with Crippen molar-refractivity contribution < 1.29 is 9.53 Å². The van der Waals surface area contributed by atoms with Crippen molar-refractivity contribution in [3.8, 4) is 0 Å². The van der Waals surface area contributed by atoms with Crippen LogP contribution < -0.4 is 5.32 Å². The lowest BCUT2D eigenvalue weighted by Gasteiger charge is -2.02. The molecule has 0 aromatic heterocycles. The molecule has 1 N–H and O–H groups in total. The van der Waals surface area contributed by atoms with Crippen molar-refractivity contribution in [3.05, 3.63) is 0 Å². The van der Waals surface area contributed by atoms with Crippen molar-refractivity contribution in [2.45, 2.75) is 38.6 Å². The van der Waals surface area contributed by atoms with Crippen LogP contribution in [0.4, 0.5) is 0 Å². The van der Waals surface area contributed by atoms with E-state index in [0.717, 1.165) is 24.9 Å². The van der Waals surface area contributed by atoms with E-state index in [0.29, 0.717) is 6.42 Å². The van der Waals surface area contributed by atoms with Crippen LogP contribution >= 0.6 is 0 Å². The monoisotopic (exact) mass is 185 g/mol.